The molecule has 1 rings (SSSR count). The number of aliphatic carboxylic acids is 1. The number of ether oxygens (including phenoxy) is 5. The summed E-state index contributed by atoms with van der Waals surface area (Å²) in [6.07, 6.45) is 6.47. The lowest BCUT2D eigenvalue weighted by Gasteiger charge is -2.40. The maximum Gasteiger partial charge on any atom is 0.322 e. The van der Waals surface area contributed by atoms with Crippen LogP contribution < -0.4 is 5.32 Å². The fourth-order valence-electron chi connectivity index (χ4n) is 7.46. The third kappa shape index (κ3) is 26.7. The van der Waals surface area contributed by atoms with Crippen LogP contribution >= 0.6 is 0 Å². The zero-order chi connectivity index (χ0) is 46.1. The van der Waals surface area contributed by atoms with E-state index >= 15 is 0 Å². The van der Waals surface area contributed by atoms with Crippen molar-refractivity contribution in [2.75, 3.05) is 13.2 Å². The molecule has 1 fully saturated rings. The van der Waals surface area contributed by atoms with Crippen LogP contribution in [0.4, 0.5) is 0 Å². The SMILES string of the molecule is CCCCCCC[C@H](CC(=O)NCC(=O)O)OC(=O)C[C@@H](CCCCCCC)OC(=O)C[C@@H](CCCCC)OC(=O)C[C@@H](CCCCCCC)O[C@@H]1O[C@H](CO)[C@@H](O)[C@H](O)[C@H]1O. The number of aliphatic hydroxyl groups is 4. The molecule has 0 aromatic carbocycles. The van der Waals surface area contributed by atoms with E-state index in [4.69, 9.17) is 28.8 Å². The average molecular weight is 890 g/mol. The highest BCUT2D eigenvalue weighted by atomic mass is 16.7. The number of carboxylic acids is 1. The Labute approximate surface area is 370 Å². The average Bonchev–Trinajstić information content (AvgIpc) is 3.22. The predicted molar refractivity (Wildman–Crippen MR) is 232 cm³/mol. The van der Waals surface area contributed by atoms with Crippen molar-refractivity contribution in [1.29, 1.82) is 0 Å². The van der Waals surface area contributed by atoms with Gasteiger partial charge in [0.15, 0.2) is 6.29 Å². The molecular weight excluding hydrogens is 806 g/mol. The fourth-order valence-corrected chi connectivity index (χ4v) is 7.46. The quantitative estimate of drug-likeness (QED) is 0.0225. The third-order valence-corrected chi connectivity index (χ3v) is 11.1. The van der Waals surface area contributed by atoms with Gasteiger partial charge in [-0.3, -0.25) is 24.0 Å². The number of aliphatic hydroxyl groups excluding tert-OH is 4. The van der Waals surface area contributed by atoms with Crippen molar-refractivity contribution in [3.63, 3.8) is 0 Å². The Kier molecular flexibility index (Phi) is 32.7. The van der Waals surface area contributed by atoms with Crippen molar-refractivity contribution < 1.29 is 73.2 Å². The normalized spacial score (nSPS) is 20.7. The van der Waals surface area contributed by atoms with Crippen LogP contribution in [0.25, 0.3) is 0 Å². The van der Waals surface area contributed by atoms with E-state index in [-0.39, 0.29) is 25.7 Å². The van der Waals surface area contributed by atoms with Gasteiger partial charge in [0.05, 0.1) is 38.4 Å². The zero-order valence-electron chi connectivity index (χ0n) is 38.3. The summed E-state index contributed by atoms with van der Waals surface area (Å²) in [5.74, 6) is -3.65. The number of amides is 1. The Morgan fingerprint density at radius 1 is 0.516 bits per heavy atom. The molecule has 0 aromatic rings. The van der Waals surface area contributed by atoms with E-state index in [1.54, 1.807) is 0 Å². The third-order valence-electron chi connectivity index (χ3n) is 11.1. The highest BCUT2D eigenvalue weighted by Gasteiger charge is 2.45. The number of hydrogen-bond acceptors (Lipinski definition) is 14. The Hall–Kier alpha value is -2.89. The Morgan fingerprint density at radius 3 is 1.31 bits per heavy atom. The molecule has 0 bridgehead atoms. The van der Waals surface area contributed by atoms with Crippen molar-refractivity contribution in [1.82, 2.24) is 5.32 Å². The van der Waals surface area contributed by atoms with Crippen molar-refractivity contribution in [2.45, 2.75) is 250 Å². The molecule has 62 heavy (non-hydrogen) atoms. The molecule has 0 aromatic heterocycles. The van der Waals surface area contributed by atoms with Crippen LogP contribution in [0.5, 0.6) is 0 Å². The fraction of sp³-hybridized carbons (Fsp3) is 0.891. The van der Waals surface area contributed by atoms with Crippen molar-refractivity contribution in [2.24, 2.45) is 0 Å². The van der Waals surface area contributed by atoms with Gasteiger partial charge in [-0.25, -0.2) is 0 Å². The molecule has 1 saturated heterocycles. The van der Waals surface area contributed by atoms with Gasteiger partial charge < -0.3 is 54.5 Å². The van der Waals surface area contributed by atoms with Crippen molar-refractivity contribution >= 4 is 29.8 Å². The van der Waals surface area contributed by atoms with Crippen LogP contribution in [-0.2, 0) is 47.7 Å². The van der Waals surface area contributed by atoms with Crippen LogP contribution in [0.15, 0.2) is 0 Å². The standard InChI is InChI=1S/C46H83NO15/c1-5-9-13-16-20-24-33(27-38(49)47-31-39(50)51)58-40(52)29-35(25-21-17-14-10-6-2)60-41(53)28-34(23-19-12-8-4)59-42(54)30-36(26-22-18-15-11-7-3)61-46-45(57)44(56)43(55)37(32-48)62-46/h33-37,43-46,48,55-57H,5-32H2,1-4H3,(H,47,49)(H,50,51)/t33-,34-,35-,36-,37-,43-,44+,45-,46-/m1/s1. The number of carbonyl (C=O) groups is 5. The first kappa shape index (κ1) is 57.1. The molecule has 16 nitrogen and oxygen atoms in total. The summed E-state index contributed by atoms with van der Waals surface area (Å²) >= 11 is 0. The zero-order valence-corrected chi connectivity index (χ0v) is 38.3. The number of rotatable bonds is 38. The van der Waals surface area contributed by atoms with Gasteiger partial charge in [-0.1, -0.05) is 124 Å². The summed E-state index contributed by atoms with van der Waals surface area (Å²) in [4.78, 5) is 64.0. The summed E-state index contributed by atoms with van der Waals surface area (Å²) in [5.41, 5.74) is 0. The first-order valence-corrected chi connectivity index (χ1v) is 23.8. The molecule has 1 aliphatic rings. The molecule has 6 N–H and O–H groups in total. The minimum atomic E-state index is -1.64. The lowest BCUT2D eigenvalue weighted by Crippen LogP contribution is -2.59. The largest absolute Gasteiger partial charge is 0.480 e. The van der Waals surface area contributed by atoms with E-state index in [0.29, 0.717) is 44.9 Å². The highest BCUT2D eigenvalue weighted by molar-refractivity contribution is 5.81. The van der Waals surface area contributed by atoms with Gasteiger partial charge in [-0.15, -0.1) is 0 Å². The van der Waals surface area contributed by atoms with E-state index < -0.39 is 98.1 Å². The molecule has 0 saturated carbocycles. The van der Waals surface area contributed by atoms with Crippen LogP contribution in [0, 0.1) is 0 Å². The molecule has 0 aliphatic carbocycles. The molecule has 0 spiro atoms. The van der Waals surface area contributed by atoms with Gasteiger partial charge in [0, 0.05) is 0 Å². The second-order valence-corrected chi connectivity index (χ2v) is 16.9. The van der Waals surface area contributed by atoms with Crippen molar-refractivity contribution in [3.05, 3.63) is 0 Å². The number of carbonyl (C=O) groups excluding carboxylic acids is 4. The monoisotopic (exact) mass is 890 g/mol. The van der Waals surface area contributed by atoms with Crippen LogP contribution in [0.3, 0.4) is 0 Å². The molecule has 0 radical (unpaired) electrons. The summed E-state index contributed by atoms with van der Waals surface area (Å²) in [7, 11) is 0. The first-order valence-electron chi connectivity index (χ1n) is 23.8. The molecule has 1 aliphatic heterocycles. The smallest absolute Gasteiger partial charge is 0.322 e. The Balaban J connectivity index is 3.11. The van der Waals surface area contributed by atoms with Gasteiger partial charge in [-0.05, 0) is 44.9 Å². The lowest BCUT2D eigenvalue weighted by molar-refractivity contribution is -0.312. The van der Waals surface area contributed by atoms with E-state index in [2.05, 4.69) is 26.1 Å². The van der Waals surface area contributed by atoms with Crippen molar-refractivity contribution in [3.8, 4) is 0 Å². The van der Waals surface area contributed by atoms with Crippen LogP contribution in [0.2, 0.25) is 0 Å². The van der Waals surface area contributed by atoms with Gasteiger partial charge in [0.25, 0.3) is 0 Å². The number of hydrogen-bond donors (Lipinski definition) is 6. The summed E-state index contributed by atoms with van der Waals surface area (Å²) in [6, 6.07) is 0. The highest BCUT2D eigenvalue weighted by Crippen LogP contribution is 2.26. The summed E-state index contributed by atoms with van der Waals surface area (Å²) in [6.45, 7) is 7.17. The predicted octanol–water partition coefficient (Wildman–Crippen LogP) is 6.33. The molecule has 9 atom stereocenters. The van der Waals surface area contributed by atoms with Gasteiger partial charge in [0.2, 0.25) is 5.91 Å². The maximum atomic E-state index is 13.6. The Morgan fingerprint density at radius 2 is 0.887 bits per heavy atom. The number of esters is 3. The summed E-state index contributed by atoms with van der Waals surface area (Å²) < 4.78 is 29.2. The van der Waals surface area contributed by atoms with E-state index in [1.165, 1.54) is 0 Å². The lowest BCUT2D eigenvalue weighted by atomic mass is 9.99. The first-order chi connectivity index (χ1) is 29.8. The van der Waals surface area contributed by atoms with Gasteiger partial charge >= 0.3 is 23.9 Å². The second-order valence-electron chi connectivity index (χ2n) is 16.9. The number of carboxylic acid groups (broad SMARTS) is 1. The molecule has 362 valence electrons. The minimum absolute atomic E-state index is 0.188. The number of unbranched alkanes of at least 4 members (excludes halogenated alkanes) is 14. The minimum Gasteiger partial charge on any atom is -0.480 e. The molecular formula is C46H83NO15. The van der Waals surface area contributed by atoms with E-state index in [1.807, 2.05) is 6.92 Å². The molecule has 16 heteroatoms. The molecule has 1 amide bonds. The topological polar surface area (TPSA) is 245 Å². The Bertz CT molecular complexity index is 1220. The van der Waals surface area contributed by atoms with Crippen LogP contribution in [-0.4, -0.2) is 124 Å². The van der Waals surface area contributed by atoms with E-state index in [9.17, 15) is 44.4 Å². The van der Waals surface area contributed by atoms with Gasteiger partial charge in [-0.2, -0.15) is 0 Å². The second kappa shape index (κ2) is 35.5. The molecule has 0 unspecified atom stereocenters. The summed E-state index contributed by atoms with van der Waals surface area (Å²) in [5, 5.41) is 52.2. The number of nitrogens with one attached hydrogen (secondary N) is 1. The molecule has 1 heterocycles. The maximum absolute atomic E-state index is 13.6. The van der Waals surface area contributed by atoms with Crippen LogP contribution in [0.1, 0.15) is 195 Å². The van der Waals surface area contributed by atoms with E-state index in [0.717, 1.165) is 96.3 Å². The van der Waals surface area contributed by atoms with Gasteiger partial charge in [0.1, 0.15) is 49.3 Å².